The molecule has 1 aromatic carbocycles. The number of carbonyl (C=O) groups excluding carboxylic acids is 1. The molecule has 1 aromatic rings. The molecule has 0 aliphatic carbocycles. The lowest BCUT2D eigenvalue weighted by Gasteiger charge is -2.13. The Bertz CT molecular complexity index is 467. The molecule has 1 unspecified atom stereocenters. The van der Waals surface area contributed by atoms with Gasteiger partial charge in [0.25, 0.3) is 0 Å². The average molecular weight is 288 g/mol. The van der Waals surface area contributed by atoms with Crippen molar-refractivity contribution in [2.75, 3.05) is 6.61 Å². The zero-order valence-corrected chi connectivity index (χ0v) is 11.9. The van der Waals surface area contributed by atoms with Gasteiger partial charge < -0.3 is 4.74 Å². The Hall–Kier alpha value is -1.36. The topological polar surface area (TPSA) is 26.3 Å². The van der Waals surface area contributed by atoms with E-state index in [9.17, 15) is 18.0 Å². The van der Waals surface area contributed by atoms with Crippen LogP contribution >= 0.6 is 0 Å². The van der Waals surface area contributed by atoms with Crippen LogP contribution in [0.4, 0.5) is 13.2 Å². The minimum Gasteiger partial charge on any atom is -0.370 e. The summed E-state index contributed by atoms with van der Waals surface area (Å²) in [5.74, 6) is -0.208. The van der Waals surface area contributed by atoms with Gasteiger partial charge in [-0.3, -0.25) is 4.79 Å². The maximum atomic E-state index is 12.1. The van der Waals surface area contributed by atoms with Crippen molar-refractivity contribution in [2.24, 2.45) is 0 Å². The second kappa shape index (κ2) is 6.88. The third kappa shape index (κ3) is 5.33. The van der Waals surface area contributed by atoms with Crippen LogP contribution in [-0.4, -0.2) is 24.7 Å². The summed E-state index contributed by atoms with van der Waals surface area (Å²) in [5.41, 5.74) is 2.61. The Morgan fingerprint density at radius 3 is 2.45 bits per heavy atom. The molecular weight excluding hydrogens is 269 g/mol. The molecule has 2 nitrogen and oxygen atoms in total. The highest BCUT2D eigenvalue weighted by Gasteiger charge is 2.26. The van der Waals surface area contributed by atoms with Gasteiger partial charge in [0.2, 0.25) is 0 Å². The smallest absolute Gasteiger partial charge is 0.370 e. The van der Waals surface area contributed by atoms with Crippen molar-refractivity contribution in [3.63, 3.8) is 0 Å². The van der Waals surface area contributed by atoms with Gasteiger partial charge in [-0.15, -0.1) is 0 Å². The molecule has 0 saturated heterocycles. The molecular formula is C15H19F3O2. The number of hydrogen-bond donors (Lipinski definition) is 0. The van der Waals surface area contributed by atoms with Gasteiger partial charge in [0.15, 0.2) is 5.78 Å². The molecule has 0 aliphatic heterocycles. The Labute approximate surface area is 116 Å². The van der Waals surface area contributed by atoms with Crippen molar-refractivity contribution in [3.05, 3.63) is 34.9 Å². The highest BCUT2D eigenvalue weighted by molar-refractivity contribution is 5.99. The van der Waals surface area contributed by atoms with Gasteiger partial charge in [0, 0.05) is 18.6 Å². The standard InChI is InChI=1S/C15H19F3O2/c1-10-5-6-13(9-11(10)2)14(19)12(3)20-8-4-7-15(16,17)18/h5-6,9,12H,4,7-8H2,1-3H3. The predicted molar refractivity (Wildman–Crippen MR) is 70.9 cm³/mol. The summed E-state index contributed by atoms with van der Waals surface area (Å²) in [6.45, 7) is 5.34. The number of rotatable bonds is 6. The summed E-state index contributed by atoms with van der Waals surface area (Å²) >= 11 is 0. The molecule has 0 bridgehead atoms. The number of ketones is 1. The molecule has 0 heterocycles. The third-order valence-electron chi connectivity index (χ3n) is 3.13. The van der Waals surface area contributed by atoms with E-state index in [0.717, 1.165) is 11.1 Å². The zero-order chi connectivity index (χ0) is 15.3. The van der Waals surface area contributed by atoms with Crippen molar-refractivity contribution >= 4 is 5.78 Å². The molecule has 0 radical (unpaired) electrons. The quantitative estimate of drug-likeness (QED) is 0.578. The van der Waals surface area contributed by atoms with Gasteiger partial charge in [-0.2, -0.15) is 13.2 Å². The number of carbonyl (C=O) groups is 1. The summed E-state index contributed by atoms with van der Waals surface area (Å²) in [5, 5.41) is 0. The van der Waals surface area contributed by atoms with E-state index in [0.29, 0.717) is 5.56 Å². The molecule has 0 aromatic heterocycles. The van der Waals surface area contributed by atoms with Crippen LogP contribution in [0.15, 0.2) is 18.2 Å². The van der Waals surface area contributed by atoms with Crippen molar-refractivity contribution in [3.8, 4) is 0 Å². The van der Waals surface area contributed by atoms with Gasteiger partial charge in [0.1, 0.15) is 6.10 Å². The van der Waals surface area contributed by atoms with E-state index in [1.807, 2.05) is 19.9 Å². The fourth-order valence-electron chi connectivity index (χ4n) is 1.74. The van der Waals surface area contributed by atoms with Crippen LogP contribution in [0.5, 0.6) is 0 Å². The first-order valence-electron chi connectivity index (χ1n) is 6.50. The SMILES string of the molecule is Cc1ccc(C(=O)C(C)OCCCC(F)(F)F)cc1C. The molecule has 1 atom stereocenters. The Morgan fingerprint density at radius 1 is 1.25 bits per heavy atom. The number of hydrogen-bond acceptors (Lipinski definition) is 2. The number of alkyl halides is 3. The van der Waals surface area contributed by atoms with Gasteiger partial charge in [-0.05, 0) is 44.4 Å². The zero-order valence-electron chi connectivity index (χ0n) is 11.9. The lowest BCUT2D eigenvalue weighted by Crippen LogP contribution is -2.22. The Kier molecular flexibility index (Phi) is 5.74. The fourth-order valence-corrected chi connectivity index (χ4v) is 1.74. The van der Waals surface area contributed by atoms with Crippen LogP contribution in [0.3, 0.4) is 0 Å². The van der Waals surface area contributed by atoms with Crippen LogP contribution in [0, 0.1) is 13.8 Å². The van der Waals surface area contributed by atoms with E-state index < -0.39 is 18.7 Å². The summed E-state index contributed by atoms with van der Waals surface area (Å²) in [4.78, 5) is 12.1. The number of halogens is 3. The van der Waals surface area contributed by atoms with Gasteiger partial charge in [0.05, 0.1) is 0 Å². The first kappa shape index (κ1) is 16.7. The van der Waals surface area contributed by atoms with Gasteiger partial charge in [-0.25, -0.2) is 0 Å². The number of benzene rings is 1. The molecule has 0 N–H and O–H groups in total. The van der Waals surface area contributed by atoms with Crippen molar-refractivity contribution < 1.29 is 22.7 Å². The maximum absolute atomic E-state index is 12.1. The largest absolute Gasteiger partial charge is 0.389 e. The highest BCUT2D eigenvalue weighted by Crippen LogP contribution is 2.21. The van der Waals surface area contributed by atoms with E-state index in [1.165, 1.54) is 0 Å². The summed E-state index contributed by atoms with van der Waals surface area (Å²) in [6.07, 6.45) is -5.93. The van der Waals surface area contributed by atoms with Crippen molar-refractivity contribution in [1.29, 1.82) is 0 Å². The molecule has 1 rings (SSSR count). The summed E-state index contributed by atoms with van der Waals surface area (Å²) in [7, 11) is 0. The van der Waals surface area contributed by atoms with E-state index in [4.69, 9.17) is 4.74 Å². The maximum Gasteiger partial charge on any atom is 0.389 e. The van der Waals surface area contributed by atoms with Crippen LogP contribution < -0.4 is 0 Å². The number of ether oxygens (including phenoxy) is 1. The van der Waals surface area contributed by atoms with Gasteiger partial charge >= 0.3 is 6.18 Å². The van der Waals surface area contributed by atoms with Crippen molar-refractivity contribution in [1.82, 2.24) is 0 Å². The van der Waals surface area contributed by atoms with Gasteiger partial charge in [-0.1, -0.05) is 12.1 Å². The normalized spacial score (nSPS) is 13.3. The minimum absolute atomic E-state index is 0.0722. The molecule has 0 saturated carbocycles. The molecule has 5 heteroatoms. The Morgan fingerprint density at radius 2 is 1.90 bits per heavy atom. The lowest BCUT2D eigenvalue weighted by molar-refractivity contribution is -0.138. The predicted octanol–water partition coefficient (Wildman–Crippen LogP) is 4.23. The van der Waals surface area contributed by atoms with Crippen LogP contribution in [0.25, 0.3) is 0 Å². The summed E-state index contributed by atoms with van der Waals surface area (Å²) in [6, 6.07) is 5.33. The summed E-state index contributed by atoms with van der Waals surface area (Å²) < 4.78 is 41.1. The molecule has 0 spiro atoms. The van der Waals surface area contributed by atoms with E-state index in [1.54, 1.807) is 19.1 Å². The second-order valence-corrected chi connectivity index (χ2v) is 4.90. The van der Waals surface area contributed by atoms with Crippen LogP contribution in [0.1, 0.15) is 41.3 Å². The monoisotopic (exact) mass is 288 g/mol. The van der Waals surface area contributed by atoms with Crippen LogP contribution in [-0.2, 0) is 4.74 Å². The molecule has 0 amide bonds. The molecule has 0 aliphatic rings. The van der Waals surface area contributed by atoms with Crippen molar-refractivity contribution in [2.45, 2.75) is 45.9 Å². The number of aryl methyl sites for hydroxylation is 2. The average Bonchev–Trinajstić information content (AvgIpc) is 2.35. The first-order valence-corrected chi connectivity index (χ1v) is 6.50. The minimum atomic E-state index is -4.18. The fraction of sp³-hybridized carbons (Fsp3) is 0.533. The van der Waals surface area contributed by atoms with E-state index >= 15 is 0 Å². The Balaban J connectivity index is 2.48. The molecule has 20 heavy (non-hydrogen) atoms. The van der Waals surface area contributed by atoms with E-state index in [2.05, 4.69) is 0 Å². The van der Waals surface area contributed by atoms with Crippen LogP contribution in [0.2, 0.25) is 0 Å². The molecule has 0 fully saturated rings. The third-order valence-corrected chi connectivity index (χ3v) is 3.13. The number of Topliss-reactive ketones (excluding diaryl/α,β-unsaturated/α-hetero) is 1. The lowest BCUT2D eigenvalue weighted by atomic mass is 10.0. The van der Waals surface area contributed by atoms with E-state index in [-0.39, 0.29) is 18.8 Å². The first-order chi connectivity index (χ1) is 9.20. The molecule has 112 valence electrons. The highest BCUT2D eigenvalue weighted by atomic mass is 19.4. The second-order valence-electron chi connectivity index (χ2n) is 4.90.